The Morgan fingerprint density at radius 1 is 0.296 bits per heavy atom. The number of carbonyl (C=O) groups is 3. The van der Waals surface area contributed by atoms with E-state index in [-0.39, 0.29) is 31.1 Å². The Balaban J connectivity index is 4.48. The standard InChI is InChI=1S/C65H110O6/c1-4-7-10-13-16-19-22-25-28-31-33-35-37-40-43-46-49-52-55-58-64(67)70-61-62(60-69-63(66)57-54-51-48-45-42-39-36-30-27-24-21-18-15-12-9-6-3)71-65(68)59-56-53-50-47-44-41-38-34-32-29-26-23-20-17-14-11-8-5-2/h7,10,13,16,19,22,25,28,30-31,33,35-37,40,43,62H,4-6,8-9,11-12,14-15,17-18,20-21,23-24,26-27,29,32,34,38-39,41-42,44-61H2,1-3H3/b10-7-,16-13-,22-19-,28-25-,33-31+,36-30-,37-35-,43-40-. The van der Waals surface area contributed by atoms with Gasteiger partial charge in [0.2, 0.25) is 0 Å². The van der Waals surface area contributed by atoms with Crippen LogP contribution < -0.4 is 0 Å². The number of ether oxygens (including phenoxy) is 3. The number of unbranched alkanes of at least 4 members (excludes halogenated alkanes) is 32. The Morgan fingerprint density at radius 2 is 0.563 bits per heavy atom. The molecule has 406 valence electrons. The van der Waals surface area contributed by atoms with Crippen LogP contribution >= 0.6 is 0 Å². The lowest BCUT2D eigenvalue weighted by atomic mass is 10.0. The van der Waals surface area contributed by atoms with E-state index >= 15 is 0 Å². The van der Waals surface area contributed by atoms with E-state index in [0.29, 0.717) is 19.3 Å². The molecule has 0 aliphatic heterocycles. The Morgan fingerprint density at radius 3 is 0.915 bits per heavy atom. The predicted octanol–water partition coefficient (Wildman–Crippen LogP) is 20.1. The maximum Gasteiger partial charge on any atom is 0.306 e. The zero-order chi connectivity index (χ0) is 51.4. The maximum absolute atomic E-state index is 12.9. The smallest absolute Gasteiger partial charge is 0.306 e. The van der Waals surface area contributed by atoms with E-state index in [1.165, 1.54) is 161 Å². The average molecular weight is 988 g/mol. The summed E-state index contributed by atoms with van der Waals surface area (Å²) in [7, 11) is 0. The summed E-state index contributed by atoms with van der Waals surface area (Å²) in [6.07, 6.45) is 78.2. The van der Waals surface area contributed by atoms with Gasteiger partial charge in [-0.25, -0.2) is 0 Å². The molecule has 6 heteroatoms. The fourth-order valence-electron chi connectivity index (χ4n) is 8.30. The molecule has 0 aromatic carbocycles. The largest absolute Gasteiger partial charge is 0.462 e. The minimum Gasteiger partial charge on any atom is -0.462 e. The molecule has 0 aromatic heterocycles. The first kappa shape index (κ1) is 67.3. The van der Waals surface area contributed by atoms with Crippen molar-refractivity contribution in [3.8, 4) is 0 Å². The molecule has 1 atom stereocenters. The number of hydrogen-bond acceptors (Lipinski definition) is 6. The molecule has 6 nitrogen and oxygen atoms in total. The molecule has 0 aliphatic carbocycles. The first-order valence-corrected chi connectivity index (χ1v) is 29.8. The van der Waals surface area contributed by atoms with Gasteiger partial charge in [-0.1, -0.05) is 291 Å². The van der Waals surface area contributed by atoms with Gasteiger partial charge in [0.05, 0.1) is 0 Å². The van der Waals surface area contributed by atoms with E-state index in [9.17, 15) is 14.4 Å². The van der Waals surface area contributed by atoms with E-state index in [1.807, 2.05) is 72.9 Å². The van der Waals surface area contributed by atoms with Gasteiger partial charge in [-0.2, -0.15) is 0 Å². The Kier molecular flexibility index (Phi) is 55.9. The van der Waals surface area contributed by atoms with Crippen LogP contribution in [0, 0.1) is 0 Å². The van der Waals surface area contributed by atoms with E-state index in [0.717, 1.165) is 77.0 Å². The minimum atomic E-state index is -0.800. The van der Waals surface area contributed by atoms with Crippen molar-refractivity contribution in [2.24, 2.45) is 0 Å². The molecule has 1 unspecified atom stereocenters. The highest BCUT2D eigenvalue weighted by molar-refractivity contribution is 5.71. The first-order chi connectivity index (χ1) is 35.0. The summed E-state index contributed by atoms with van der Waals surface area (Å²) in [5.74, 6) is -0.940. The van der Waals surface area contributed by atoms with Crippen LogP contribution in [0.3, 0.4) is 0 Å². The Hall–Kier alpha value is -3.67. The SMILES string of the molecule is CC\C=C/C=C\C=C/C=C\C=C\C=C/C=C\CCCCCC(=O)OCC(COC(=O)CCCCCCC/C=C\CCCCCCCCC)OC(=O)CCCCCCCCCCCCCCCCCCCC. The maximum atomic E-state index is 12.9. The first-order valence-electron chi connectivity index (χ1n) is 29.8. The molecule has 0 amide bonds. The van der Waals surface area contributed by atoms with Gasteiger partial charge in [0.25, 0.3) is 0 Å². The number of rotatable bonds is 53. The fraction of sp³-hybridized carbons (Fsp3) is 0.708. The van der Waals surface area contributed by atoms with E-state index < -0.39 is 6.10 Å². The van der Waals surface area contributed by atoms with Crippen molar-refractivity contribution in [3.05, 3.63) is 97.2 Å². The average Bonchev–Trinajstić information content (AvgIpc) is 3.37. The number of carbonyl (C=O) groups excluding carboxylic acids is 3. The van der Waals surface area contributed by atoms with Crippen molar-refractivity contribution >= 4 is 17.9 Å². The zero-order valence-corrected chi connectivity index (χ0v) is 46.5. The van der Waals surface area contributed by atoms with Crippen LogP contribution in [0.2, 0.25) is 0 Å². The third-order valence-electron chi connectivity index (χ3n) is 12.8. The summed E-state index contributed by atoms with van der Waals surface area (Å²) in [4.78, 5) is 38.2. The van der Waals surface area contributed by atoms with Crippen LogP contribution in [0.5, 0.6) is 0 Å². The molecule has 0 N–H and O–H groups in total. The molecule has 0 radical (unpaired) electrons. The van der Waals surface area contributed by atoms with Crippen LogP contribution in [-0.4, -0.2) is 37.2 Å². The van der Waals surface area contributed by atoms with Gasteiger partial charge in [0.1, 0.15) is 13.2 Å². The Labute approximate surface area is 438 Å². The third-order valence-corrected chi connectivity index (χ3v) is 12.8. The molecular weight excluding hydrogens is 877 g/mol. The molecule has 0 saturated heterocycles. The highest BCUT2D eigenvalue weighted by atomic mass is 16.6. The predicted molar refractivity (Wildman–Crippen MR) is 307 cm³/mol. The van der Waals surface area contributed by atoms with Crippen molar-refractivity contribution in [2.45, 2.75) is 284 Å². The number of hydrogen-bond donors (Lipinski definition) is 0. The monoisotopic (exact) mass is 987 g/mol. The number of allylic oxidation sites excluding steroid dienone is 16. The Bertz CT molecular complexity index is 1410. The molecule has 0 aromatic rings. The van der Waals surface area contributed by atoms with Gasteiger partial charge in [0.15, 0.2) is 6.10 Å². The lowest BCUT2D eigenvalue weighted by Gasteiger charge is -2.18. The van der Waals surface area contributed by atoms with Crippen LogP contribution in [0.25, 0.3) is 0 Å². The van der Waals surface area contributed by atoms with E-state index in [4.69, 9.17) is 14.2 Å². The number of esters is 3. The van der Waals surface area contributed by atoms with Crippen molar-refractivity contribution in [1.29, 1.82) is 0 Å². The van der Waals surface area contributed by atoms with Gasteiger partial charge < -0.3 is 14.2 Å². The van der Waals surface area contributed by atoms with Crippen LogP contribution in [0.15, 0.2) is 97.2 Å². The third kappa shape index (κ3) is 57.1. The van der Waals surface area contributed by atoms with Crippen molar-refractivity contribution < 1.29 is 28.6 Å². The lowest BCUT2D eigenvalue weighted by Crippen LogP contribution is -2.30. The lowest BCUT2D eigenvalue weighted by molar-refractivity contribution is -0.167. The zero-order valence-electron chi connectivity index (χ0n) is 46.5. The van der Waals surface area contributed by atoms with Gasteiger partial charge in [-0.3, -0.25) is 14.4 Å². The molecular formula is C65H110O6. The van der Waals surface area contributed by atoms with E-state index in [1.54, 1.807) is 0 Å². The van der Waals surface area contributed by atoms with Crippen LogP contribution in [-0.2, 0) is 28.6 Å². The summed E-state index contributed by atoms with van der Waals surface area (Å²) in [6, 6.07) is 0. The highest BCUT2D eigenvalue weighted by Crippen LogP contribution is 2.16. The van der Waals surface area contributed by atoms with Gasteiger partial charge >= 0.3 is 17.9 Å². The second-order valence-corrected chi connectivity index (χ2v) is 19.7. The van der Waals surface area contributed by atoms with Gasteiger partial charge in [-0.05, 0) is 64.2 Å². The summed E-state index contributed by atoms with van der Waals surface area (Å²) in [5, 5.41) is 0. The van der Waals surface area contributed by atoms with Crippen LogP contribution in [0.1, 0.15) is 278 Å². The van der Waals surface area contributed by atoms with Gasteiger partial charge in [-0.15, -0.1) is 0 Å². The normalized spacial score (nSPS) is 12.8. The molecule has 0 rings (SSSR count). The molecule has 0 heterocycles. The molecule has 0 spiro atoms. The van der Waals surface area contributed by atoms with E-state index in [2.05, 4.69) is 45.1 Å². The minimum absolute atomic E-state index is 0.0952. The second-order valence-electron chi connectivity index (χ2n) is 19.7. The summed E-state index contributed by atoms with van der Waals surface area (Å²) in [6.45, 7) is 6.47. The molecule has 0 aliphatic rings. The molecule has 0 fully saturated rings. The fourth-order valence-corrected chi connectivity index (χ4v) is 8.30. The molecule has 0 saturated carbocycles. The van der Waals surface area contributed by atoms with Crippen molar-refractivity contribution in [2.75, 3.05) is 13.2 Å². The quantitative estimate of drug-likeness (QED) is 0.0199. The summed E-state index contributed by atoms with van der Waals surface area (Å²) < 4.78 is 16.9. The molecule has 0 bridgehead atoms. The van der Waals surface area contributed by atoms with Gasteiger partial charge in [0, 0.05) is 19.3 Å². The second kappa shape index (κ2) is 58.9. The van der Waals surface area contributed by atoms with Crippen LogP contribution in [0.4, 0.5) is 0 Å². The topological polar surface area (TPSA) is 78.9 Å². The van der Waals surface area contributed by atoms with Crippen molar-refractivity contribution in [1.82, 2.24) is 0 Å². The van der Waals surface area contributed by atoms with Crippen molar-refractivity contribution in [3.63, 3.8) is 0 Å². The highest BCUT2D eigenvalue weighted by Gasteiger charge is 2.19. The molecule has 71 heavy (non-hydrogen) atoms. The summed E-state index contributed by atoms with van der Waals surface area (Å²) >= 11 is 0. The summed E-state index contributed by atoms with van der Waals surface area (Å²) in [5.41, 5.74) is 0.